The minimum atomic E-state index is -1.97. The number of halogens is 1. The Kier molecular flexibility index (Phi) is 16.1. The first kappa shape index (κ1) is 52.1. The van der Waals surface area contributed by atoms with E-state index in [0.29, 0.717) is 55.4 Å². The maximum Gasteiger partial charge on any atom is 0.258 e. The Morgan fingerprint density at radius 3 is 2.45 bits per heavy atom. The number of para-hydroxylation sites is 1. The number of aliphatic hydroxyl groups excluding tert-OH is 1. The maximum absolute atomic E-state index is 15.1. The van der Waals surface area contributed by atoms with Crippen LogP contribution in [0.15, 0.2) is 72.5 Å². The standard InChI is InChI=1S/C55H67FN12O5S/c1-5-40-31-66(45-26-44(63-64-50(45)57)43-12-8-9-13-47(43)70)30-34(2)68(40)54-59-28-37(29-60-54)11-7-6-10-24-65(4)41-20-18-38(19-21-41)48(62-53(73)55(56)22-23-55)52(72)67-32-42(69)25-46(67)51(71)58-27-36-14-16-39(17-15-36)49-35(3)61-33-74-49/h8-9,12-17,26,28-29,33-34,38,40-42,46,48,69-70H,5-6,10,18-25,27,30-32H2,1-4H3,(H2,57,64)(H,58,71)(H,62,73)/t34?,38?,40?,41?,42-,46+,48+/m1/s1. The Balaban J connectivity index is 0.751. The number of aryl methyl sites for hydroxylation is 1. The van der Waals surface area contributed by atoms with E-state index in [-0.39, 0.29) is 68.1 Å². The van der Waals surface area contributed by atoms with E-state index in [1.54, 1.807) is 41.9 Å². The SMILES string of the molecule is CCC1CN(c2cc(-c3ccccc3O)nnc2N)CC(C)N1c1ncc(C#CCCCN(C)C2CCC([C@H](NC(=O)C3(F)CC3)C(=O)N3C[C@H](O)C[C@H]3C(=O)NCc3ccc(-c4scnc4C)cc3)CC2)cn1. The molecule has 390 valence electrons. The number of phenols is 1. The molecule has 4 aliphatic rings. The molecule has 9 rings (SSSR count). The number of aromatic nitrogens is 5. The van der Waals surface area contributed by atoms with Crippen molar-refractivity contribution in [3.05, 3.63) is 89.3 Å². The van der Waals surface area contributed by atoms with Crippen LogP contribution >= 0.6 is 11.3 Å². The summed E-state index contributed by atoms with van der Waals surface area (Å²) >= 11 is 1.57. The molecule has 0 bridgehead atoms. The number of benzene rings is 2. The number of carbonyl (C=O) groups is 3. The van der Waals surface area contributed by atoms with Crippen molar-refractivity contribution < 1.29 is 29.0 Å². The van der Waals surface area contributed by atoms with Gasteiger partial charge in [-0.2, -0.15) is 0 Å². The van der Waals surface area contributed by atoms with Crippen LogP contribution in [0.3, 0.4) is 0 Å². The monoisotopic (exact) mass is 1030 g/mol. The molecule has 3 aromatic heterocycles. The van der Waals surface area contributed by atoms with Gasteiger partial charge in [0.1, 0.15) is 17.8 Å². The molecule has 3 amide bonds. The zero-order valence-corrected chi connectivity index (χ0v) is 43.4. The van der Waals surface area contributed by atoms with Gasteiger partial charge < -0.3 is 46.2 Å². The van der Waals surface area contributed by atoms with Crippen molar-refractivity contribution in [2.24, 2.45) is 5.92 Å². The number of carbonyl (C=O) groups excluding carboxylic acids is 3. The molecular weight excluding hydrogens is 960 g/mol. The van der Waals surface area contributed by atoms with Crippen LogP contribution in [0.2, 0.25) is 0 Å². The first-order valence-corrected chi connectivity index (χ1v) is 26.8. The molecule has 2 aromatic carbocycles. The summed E-state index contributed by atoms with van der Waals surface area (Å²) in [5.74, 6) is 5.77. The van der Waals surface area contributed by atoms with Gasteiger partial charge in [0.2, 0.25) is 17.8 Å². The number of alkyl halides is 1. The highest BCUT2D eigenvalue weighted by molar-refractivity contribution is 7.13. The molecule has 74 heavy (non-hydrogen) atoms. The number of thiazole rings is 1. The highest BCUT2D eigenvalue weighted by Crippen LogP contribution is 2.41. The van der Waals surface area contributed by atoms with Gasteiger partial charge in [0.25, 0.3) is 5.91 Å². The number of amides is 3. The first-order chi connectivity index (χ1) is 35.7. The van der Waals surface area contributed by atoms with Crippen molar-refractivity contribution in [2.75, 3.05) is 48.8 Å². The zero-order chi connectivity index (χ0) is 52.1. The summed E-state index contributed by atoms with van der Waals surface area (Å²) < 4.78 is 15.1. The molecule has 4 fully saturated rings. The molecule has 5 heterocycles. The highest BCUT2D eigenvalue weighted by Gasteiger charge is 2.53. The second kappa shape index (κ2) is 22.8. The predicted octanol–water partition coefficient (Wildman–Crippen LogP) is 6.03. The van der Waals surface area contributed by atoms with Crippen LogP contribution in [-0.4, -0.2) is 138 Å². The van der Waals surface area contributed by atoms with Crippen LogP contribution in [0.4, 0.5) is 21.8 Å². The van der Waals surface area contributed by atoms with Gasteiger partial charge in [-0.1, -0.05) is 55.2 Å². The number of piperazine rings is 1. The number of hydrogen-bond acceptors (Lipinski definition) is 15. The van der Waals surface area contributed by atoms with Crippen molar-refractivity contribution in [3.63, 3.8) is 0 Å². The van der Waals surface area contributed by atoms with Crippen LogP contribution in [0.25, 0.3) is 21.7 Å². The van der Waals surface area contributed by atoms with Crippen molar-refractivity contribution in [1.29, 1.82) is 0 Å². The van der Waals surface area contributed by atoms with Crippen LogP contribution in [0.5, 0.6) is 5.75 Å². The molecular formula is C55H67FN12O5S. The van der Waals surface area contributed by atoms with Gasteiger partial charge in [-0.25, -0.2) is 19.3 Å². The quantitative estimate of drug-likeness (QED) is 0.0563. The lowest BCUT2D eigenvalue weighted by Gasteiger charge is -2.46. The van der Waals surface area contributed by atoms with Gasteiger partial charge in [0.05, 0.1) is 39.1 Å². The largest absolute Gasteiger partial charge is 0.507 e. The van der Waals surface area contributed by atoms with Gasteiger partial charge in [0, 0.05) is 75.1 Å². The van der Waals surface area contributed by atoms with E-state index in [1.165, 1.54) is 4.90 Å². The first-order valence-electron chi connectivity index (χ1n) is 25.9. The van der Waals surface area contributed by atoms with Crippen molar-refractivity contribution in [3.8, 4) is 39.3 Å². The minimum Gasteiger partial charge on any atom is -0.507 e. The van der Waals surface area contributed by atoms with E-state index < -0.39 is 35.7 Å². The number of nitrogen functional groups attached to an aromatic ring is 1. The summed E-state index contributed by atoms with van der Waals surface area (Å²) in [6, 6.07) is 15.3. The summed E-state index contributed by atoms with van der Waals surface area (Å²) in [6.45, 7) is 8.61. The second-order valence-electron chi connectivity index (χ2n) is 20.5. The summed E-state index contributed by atoms with van der Waals surface area (Å²) in [4.78, 5) is 64.4. The maximum atomic E-state index is 15.1. The molecule has 2 saturated heterocycles. The Morgan fingerprint density at radius 2 is 1.76 bits per heavy atom. The molecule has 19 heteroatoms. The Labute approximate surface area is 436 Å². The second-order valence-corrected chi connectivity index (χ2v) is 21.3. The Hall–Kier alpha value is -6.75. The normalized spacial score (nSPS) is 22.7. The van der Waals surface area contributed by atoms with Gasteiger partial charge in [-0.05, 0) is 114 Å². The highest BCUT2D eigenvalue weighted by atomic mass is 32.1. The van der Waals surface area contributed by atoms with Gasteiger partial charge in [-0.3, -0.25) is 14.4 Å². The van der Waals surface area contributed by atoms with E-state index in [4.69, 9.17) is 15.7 Å². The number of nitrogens with two attached hydrogens (primary N) is 1. The molecule has 5 atom stereocenters. The van der Waals surface area contributed by atoms with E-state index in [0.717, 1.165) is 65.2 Å². The predicted molar refractivity (Wildman–Crippen MR) is 284 cm³/mol. The van der Waals surface area contributed by atoms with E-state index >= 15 is 4.39 Å². The van der Waals surface area contributed by atoms with E-state index in [9.17, 15) is 24.6 Å². The molecule has 6 N–H and O–H groups in total. The van der Waals surface area contributed by atoms with E-state index in [1.807, 2.05) is 48.8 Å². The average molecular weight is 1030 g/mol. The number of aliphatic hydroxyl groups is 1. The fourth-order valence-electron chi connectivity index (χ4n) is 10.8. The third-order valence-electron chi connectivity index (χ3n) is 15.3. The third kappa shape index (κ3) is 11.8. The smallest absolute Gasteiger partial charge is 0.258 e. The van der Waals surface area contributed by atoms with Gasteiger partial charge in [0.15, 0.2) is 11.5 Å². The number of hydrogen-bond donors (Lipinski definition) is 5. The minimum absolute atomic E-state index is 0.0444. The summed E-state index contributed by atoms with van der Waals surface area (Å²) in [5.41, 5.74) is 11.7. The summed E-state index contributed by atoms with van der Waals surface area (Å²) in [7, 11) is 2.10. The number of nitrogens with one attached hydrogen (secondary N) is 2. The van der Waals surface area contributed by atoms with Crippen molar-refractivity contribution in [1.82, 2.24) is 45.6 Å². The number of likely N-dealkylation sites (tertiary alicyclic amines) is 1. The van der Waals surface area contributed by atoms with Crippen LogP contribution in [0, 0.1) is 24.7 Å². The third-order valence-corrected chi connectivity index (χ3v) is 16.2. The molecule has 2 saturated carbocycles. The molecule has 2 aliphatic heterocycles. The summed E-state index contributed by atoms with van der Waals surface area (Å²) in [6.07, 6.45) is 8.18. The lowest BCUT2D eigenvalue weighted by Crippen LogP contribution is -2.58. The fraction of sp³-hybridized carbons (Fsp3) is 0.491. The summed E-state index contributed by atoms with van der Waals surface area (Å²) in [5, 5.41) is 35.5. The van der Waals surface area contributed by atoms with E-state index in [2.05, 4.69) is 73.3 Å². The van der Waals surface area contributed by atoms with Crippen LogP contribution < -0.4 is 26.2 Å². The van der Waals surface area contributed by atoms with Crippen molar-refractivity contribution in [2.45, 2.75) is 134 Å². The average Bonchev–Trinajstić information content (AvgIpc) is 3.82. The molecule has 0 radical (unpaired) electrons. The van der Waals surface area contributed by atoms with Gasteiger partial charge >= 0.3 is 0 Å². The molecule has 0 spiro atoms. The van der Waals surface area contributed by atoms with Crippen LogP contribution in [0.1, 0.15) is 94.9 Å². The van der Waals surface area contributed by atoms with Gasteiger partial charge in [-0.15, -0.1) is 21.5 Å². The Morgan fingerprint density at radius 1 is 1.01 bits per heavy atom. The molecule has 17 nitrogen and oxygen atoms in total. The zero-order valence-electron chi connectivity index (χ0n) is 42.6. The van der Waals surface area contributed by atoms with Crippen molar-refractivity contribution >= 4 is 46.5 Å². The number of nitrogens with zero attached hydrogens (tertiary/aromatic N) is 9. The number of unbranched alkanes of at least 4 members (excludes halogenated alkanes) is 1. The topological polar surface area (TPSA) is 219 Å². The molecule has 2 unspecified atom stereocenters. The number of aromatic hydroxyl groups is 1. The number of anilines is 3. The molecule has 2 aliphatic carbocycles. The lowest BCUT2D eigenvalue weighted by atomic mass is 9.80. The lowest BCUT2D eigenvalue weighted by molar-refractivity contribution is -0.144. The number of phenolic OH excluding ortho intramolecular Hbond substituents is 1. The fourth-order valence-corrected chi connectivity index (χ4v) is 11.6. The Bertz CT molecular complexity index is 2850. The molecule has 5 aromatic rings. The van der Waals surface area contributed by atoms with Crippen LogP contribution in [-0.2, 0) is 20.9 Å². The number of rotatable bonds is 16. The number of β-amino-alcohol motifs (C(OH)–C–C–N with tert-alkyl or cyclic N) is 1.